The Bertz CT molecular complexity index is 202. The number of hydrogen-bond donors (Lipinski definition) is 1. The molecule has 1 fully saturated rings. The van der Waals surface area contributed by atoms with E-state index in [9.17, 15) is 4.79 Å². The molecule has 0 amide bonds. The molecule has 15 heavy (non-hydrogen) atoms. The van der Waals surface area contributed by atoms with E-state index in [1.807, 2.05) is 18.7 Å². The van der Waals surface area contributed by atoms with E-state index in [4.69, 9.17) is 4.74 Å². The molecule has 0 saturated carbocycles. The monoisotopic (exact) mass is 232 g/mol. The van der Waals surface area contributed by atoms with E-state index in [1.54, 1.807) is 0 Å². The van der Waals surface area contributed by atoms with Gasteiger partial charge in [0.2, 0.25) is 0 Å². The normalized spacial score (nSPS) is 22.7. The first kappa shape index (κ1) is 12.8. The molecule has 0 spiro atoms. The second-order valence-corrected chi connectivity index (χ2v) is 4.49. The zero-order valence-corrected chi connectivity index (χ0v) is 10.3. The summed E-state index contributed by atoms with van der Waals surface area (Å²) in [7, 11) is 0. The molecule has 0 aliphatic carbocycles. The average Bonchev–Trinajstić information content (AvgIpc) is 2.27. The fourth-order valence-electron chi connectivity index (χ4n) is 1.69. The smallest absolute Gasteiger partial charge is 0.324 e. The number of carbonyl (C=O) groups is 1. The molecule has 5 heteroatoms. The van der Waals surface area contributed by atoms with Gasteiger partial charge in [-0.25, -0.2) is 0 Å². The van der Waals surface area contributed by atoms with Crippen LogP contribution in [0.25, 0.3) is 0 Å². The van der Waals surface area contributed by atoms with Gasteiger partial charge in [0.1, 0.15) is 6.04 Å². The lowest BCUT2D eigenvalue weighted by molar-refractivity contribution is -0.150. The van der Waals surface area contributed by atoms with Gasteiger partial charge < -0.3 is 10.1 Å². The Labute approximate surface area is 95.7 Å². The number of hydrogen-bond acceptors (Lipinski definition) is 5. The quantitative estimate of drug-likeness (QED) is 0.685. The Kier molecular flexibility index (Phi) is 6.05. The number of piperazine rings is 1. The molecule has 0 bridgehead atoms. The highest BCUT2D eigenvalue weighted by molar-refractivity contribution is 7.98. The Morgan fingerprint density at radius 1 is 1.67 bits per heavy atom. The van der Waals surface area contributed by atoms with Gasteiger partial charge in [-0.3, -0.25) is 9.69 Å². The van der Waals surface area contributed by atoms with Crippen LogP contribution in [0.2, 0.25) is 0 Å². The van der Waals surface area contributed by atoms with Crippen LogP contribution in [-0.2, 0) is 9.53 Å². The van der Waals surface area contributed by atoms with E-state index in [-0.39, 0.29) is 12.0 Å². The maximum Gasteiger partial charge on any atom is 0.324 e. The highest BCUT2D eigenvalue weighted by Crippen LogP contribution is 2.07. The number of esters is 1. The van der Waals surface area contributed by atoms with E-state index in [0.717, 1.165) is 25.4 Å². The molecule has 0 aromatic heterocycles. The average molecular weight is 232 g/mol. The van der Waals surface area contributed by atoms with Crippen LogP contribution in [0.3, 0.4) is 0 Å². The van der Waals surface area contributed by atoms with Crippen molar-refractivity contribution in [1.29, 1.82) is 0 Å². The van der Waals surface area contributed by atoms with Crippen molar-refractivity contribution in [2.45, 2.75) is 13.0 Å². The van der Waals surface area contributed by atoms with E-state index >= 15 is 0 Å². The van der Waals surface area contributed by atoms with Crippen molar-refractivity contribution in [3.63, 3.8) is 0 Å². The summed E-state index contributed by atoms with van der Waals surface area (Å²) in [5.74, 6) is 0.974. The van der Waals surface area contributed by atoms with Gasteiger partial charge in [0.25, 0.3) is 0 Å². The summed E-state index contributed by atoms with van der Waals surface area (Å²) >= 11 is 1.81. The molecule has 1 atom stereocenters. The van der Waals surface area contributed by atoms with Crippen LogP contribution in [0.1, 0.15) is 6.92 Å². The fraction of sp³-hybridized carbons (Fsp3) is 0.900. The number of nitrogens with zero attached hydrogens (tertiary/aromatic N) is 1. The van der Waals surface area contributed by atoms with E-state index in [0.29, 0.717) is 13.2 Å². The largest absolute Gasteiger partial charge is 0.465 e. The number of carbonyl (C=O) groups excluding carboxylic acids is 1. The molecule has 1 aliphatic heterocycles. The summed E-state index contributed by atoms with van der Waals surface area (Å²) in [6, 6.07) is -0.0918. The number of ether oxygens (including phenoxy) is 1. The minimum absolute atomic E-state index is 0.0918. The molecule has 1 rings (SSSR count). The topological polar surface area (TPSA) is 41.6 Å². The van der Waals surface area contributed by atoms with Gasteiger partial charge in [0, 0.05) is 31.9 Å². The fourth-order valence-corrected chi connectivity index (χ4v) is 2.11. The molecule has 1 unspecified atom stereocenters. The second-order valence-electron chi connectivity index (χ2n) is 3.50. The molecule has 1 heterocycles. The van der Waals surface area contributed by atoms with Gasteiger partial charge in [-0.05, 0) is 13.2 Å². The lowest BCUT2D eigenvalue weighted by Gasteiger charge is -2.34. The van der Waals surface area contributed by atoms with Crippen LogP contribution in [0.15, 0.2) is 0 Å². The van der Waals surface area contributed by atoms with Gasteiger partial charge in [-0.2, -0.15) is 11.8 Å². The van der Waals surface area contributed by atoms with Crippen LogP contribution in [0, 0.1) is 0 Å². The van der Waals surface area contributed by atoms with Gasteiger partial charge in [0.05, 0.1) is 6.61 Å². The summed E-state index contributed by atoms with van der Waals surface area (Å²) in [5.41, 5.74) is 0. The minimum Gasteiger partial charge on any atom is -0.465 e. The van der Waals surface area contributed by atoms with Crippen molar-refractivity contribution >= 4 is 17.7 Å². The zero-order valence-electron chi connectivity index (χ0n) is 9.49. The van der Waals surface area contributed by atoms with Gasteiger partial charge in [0.15, 0.2) is 0 Å². The number of nitrogens with one attached hydrogen (secondary N) is 1. The Morgan fingerprint density at radius 2 is 2.47 bits per heavy atom. The summed E-state index contributed by atoms with van der Waals surface area (Å²) in [6.07, 6.45) is 2.08. The highest BCUT2D eigenvalue weighted by atomic mass is 32.2. The lowest BCUT2D eigenvalue weighted by Crippen LogP contribution is -2.55. The predicted octanol–water partition coefficient (Wildman–Crippen LogP) is 0.186. The molecule has 1 N–H and O–H groups in total. The van der Waals surface area contributed by atoms with Crippen LogP contribution < -0.4 is 5.32 Å². The Balaban J connectivity index is 2.45. The van der Waals surface area contributed by atoms with E-state index in [2.05, 4.69) is 16.5 Å². The Morgan fingerprint density at radius 3 is 3.13 bits per heavy atom. The van der Waals surface area contributed by atoms with Crippen molar-refractivity contribution < 1.29 is 9.53 Å². The third-order valence-electron chi connectivity index (χ3n) is 2.50. The summed E-state index contributed by atoms with van der Waals surface area (Å²) in [6.45, 7) is 5.89. The maximum absolute atomic E-state index is 11.7. The van der Waals surface area contributed by atoms with Gasteiger partial charge >= 0.3 is 5.97 Å². The molecule has 88 valence electrons. The van der Waals surface area contributed by atoms with Crippen LogP contribution in [-0.4, -0.2) is 61.7 Å². The molecule has 0 aromatic rings. The first-order chi connectivity index (χ1) is 7.29. The van der Waals surface area contributed by atoms with E-state index in [1.165, 1.54) is 0 Å². The first-order valence-corrected chi connectivity index (χ1v) is 6.79. The zero-order chi connectivity index (χ0) is 11.1. The molecule has 1 aliphatic rings. The second kappa shape index (κ2) is 7.09. The van der Waals surface area contributed by atoms with Crippen molar-refractivity contribution in [2.75, 3.05) is 44.8 Å². The molecular weight excluding hydrogens is 212 g/mol. The van der Waals surface area contributed by atoms with Gasteiger partial charge in [-0.15, -0.1) is 0 Å². The molecule has 0 radical (unpaired) electrons. The number of thioether (sulfide) groups is 1. The van der Waals surface area contributed by atoms with Crippen LogP contribution >= 0.6 is 11.8 Å². The van der Waals surface area contributed by atoms with Crippen LogP contribution in [0.5, 0.6) is 0 Å². The lowest BCUT2D eigenvalue weighted by atomic mass is 10.2. The first-order valence-electron chi connectivity index (χ1n) is 5.40. The van der Waals surface area contributed by atoms with E-state index < -0.39 is 0 Å². The molecule has 4 nitrogen and oxygen atoms in total. The van der Waals surface area contributed by atoms with Crippen LogP contribution in [0.4, 0.5) is 0 Å². The Hall–Kier alpha value is -0.260. The SMILES string of the molecule is CCOC(=O)C1CNCCN1CCSC. The maximum atomic E-state index is 11.7. The summed E-state index contributed by atoms with van der Waals surface area (Å²) in [4.78, 5) is 13.9. The van der Waals surface area contributed by atoms with Crippen molar-refractivity contribution in [1.82, 2.24) is 10.2 Å². The summed E-state index contributed by atoms with van der Waals surface area (Å²) in [5, 5.41) is 3.23. The summed E-state index contributed by atoms with van der Waals surface area (Å²) < 4.78 is 5.06. The molecule has 0 aromatic carbocycles. The minimum atomic E-state index is -0.0918. The number of rotatable bonds is 5. The highest BCUT2D eigenvalue weighted by Gasteiger charge is 2.28. The third-order valence-corrected chi connectivity index (χ3v) is 3.09. The van der Waals surface area contributed by atoms with Crippen molar-refractivity contribution in [2.24, 2.45) is 0 Å². The molecule has 1 saturated heterocycles. The standard InChI is InChI=1S/C10H20N2O2S/c1-3-14-10(13)9-8-11-4-5-12(9)6-7-15-2/h9,11H,3-8H2,1-2H3. The van der Waals surface area contributed by atoms with Crippen molar-refractivity contribution in [3.8, 4) is 0 Å². The third kappa shape index (κ3) is 4.01. The predicted molar refractivity (Wildman–Crippen MR) is 63.2 cm³/mol. The molecular formula is C10H20N2O2S. The van der Waals surface area contributed by atoms with Crippen molar-refractivity contribution in [3.05, 3.63) is 0 Å². The van der Waals surface area contributed by atoms with Gasteiger partial charge in [-0.1, -0.05) is 0 Å².